The van der Waals surface area contributed by atoms with Gasteiger partial charge < -0.3 is 9.73 Å². The maximum absolute atomic E-state index is 12.5. The number of nitrogens with one attached hydrogen (secondary N) is 1. The highest BCUT2D eigenvalue weighted by Crippen LogP contribution is 2.27. The average Bonchev–Trinajstić information content (AvgIpc) is 2.95. The van der Waals surface area contributed by atoms with Crippen molar-refractivity contribution in [1.29, 1.82) is 0 Å². The number of amides is 1. The van der Waals surface area contributed by atoms with E-state index in [0.717, 1.165) is 11.1 Å². The van der Waals surface area contributed by atoms with Crippen LogP contribution in [0.3, 0.4) is 0 Å². The van der Waals surface area contributed by atoms with Crippen molar-refractivity contribution in [2.24, 2.45) is 0 Å². The summed E-state index contributed by atoms with van der Waals surface area (Å²) in [6, 6.07) is 16.9. The Kier molecular flexibility index (Phi) is 4.22. The van der Waals surface area contributed by atoms with Gasteiger partial charge in [-0.2, -0.15) is 0 Å². The van der Waals surface area contributed by atoms with Crippen molar-refractivity contribution in [3.63, 3.8) is 0 Å². The van der Waals surface area contributed by atoms with E-state index in [0.29, 0.717) is 27.8 Å². The van der Waals surface area contributed by atoms with Crippen LogP contribution in [-0.2, 0) is 0 Å². The number of anilines is 1. The zero-order valence-corrected chi connectivity index (χ0v) is 13.6. The van der Waals surface area contributed by atoms with E-state index in [2.05, 4.69) is 5.32 Å². The lowest BCUT2D eigenvalue weighted by molar-refractivity contribution is 0.102. The molecule has 23 heavy (non-hydrogen) atoms. The van der Waals surface area contributed by atoms with Gasteiger partial charge in [-0.15, -0.1) is 0 Å². The quantitative estimate of drug-likeness (QED) is 0.693. The van der Waals surface area contributed by atoms with Gasteiger partial charge in [0.25, 0.3) is 5.91 Å². The molecule has 0 saturated carbocycles. The number of halogens is 1. The van der Waals surface area contributed by atoms with Gasteiger partial charge in [0.2, 0.25) is 0 Å². The zero-order valence-electron chi connectivity index (χ0n) is 12.9. The van der Waals surface area contributed by atoms with Gasteiger partial charge >= 0.3 is 0 Å². The van der Waals surface area contributed by atoms with Gasteiger partial charge in [0, 0.05) is 16.3 Å². The summed E-state index contributed by atoms with van der Waals surface area (Å²) < 4.78 is 5.73. The van der Waals surface area contributed by atoms with Gasteiger partial charge in [-0.25, -0.2) is 0 Å². The van der Waals surface area contributed by atoms with Crippen molar-refractivity contribution >= 4 is 23.2 Å². The molecule has 3 nitrogen and oxygen atoms in total. The van der Waals surface area contributed by atoms with Gasteiger partial charge in [0.1, 0.15) is 11.5 Å². The number of rotatable bonds is 3. The Morgan fingerprint density at radius 3 is 2.52 bits per heavy atom. The molecule has 0 spiro atoms. The average molecular weight is 326 g/mol. The predicted octanol–water partition coefficient (Wildman–Crippen LogP) is 5.47. The number of benzene rings is 2. The van der Waals surface area contributed by atoms with E-state index < -0.39 is 0 Å². The Labute approximate surface area is 139 Å². The number of furan rings is 1. The topological polar surface area (TPSA) is 42.2 Å². The highest BCUT2D eigenvalue weighted by atomic mass is 35.5. The van der Waals surface area contributed by atoms with Crippen LogP contribution < -0.4 is 5.32 Å². The van der Waals surface area contributed by atoms with E-state index in [-0.39, 0.29) is 5.91 Å². The summed E-state index contributed by atoms with van der Waals surface area (Å²) in [5, 5.41) is 3.51. The van der Waals surface area contributed by atoms with E-state index in [4.69, 9.17) is 16.0 Å². The van der Waals surface area contributed by atoms with E-state index in [1.807, 2.05) is 49.4 Å². The minimum absolute atomic E-state index is 0.209. The molecular formula is C19H16ClNO2. The molecule has 3 aromatic rings. The smallest absolute Gasteiger partial charge is 0.259 e. The molecule has 1 amide bonds. The monoisotopic (exact) mass is 325 g/mol. The van der Waals surface area contributed by atoms with Gasteiger partial charge in [-0.1, -0.05) is 48.0 Å². The minimum Gasteiger partial charge on any atom is -0.461 e. The van der Waals surface area contributed by atoms with Crippen LogP contribution in [0.15, 0.2) is 59.0 Å². The third-order valence-electron chi connectivity index (χ3n) is 3.74. The minimum atomic E-state index is -0.209. The highest BCUT2D eigenvalue weighted by Gasteiger charge is 2.17. The Bertz CT molecular complexity index is 853. The van der Waals surface area contributed by atoms with Crippen molar-refractivity contribution in [1.82, 2.24) is 0 Å². The molecule has 0 saturated heterocycles. The van der Waals surface area contributed by atoms with Crippen LogP contribution in [0.5, 0.6) is 0 Å². The van der Waals surface area contributed by atoms with E-state index >= 15 is 0 Å². The van der Waals surface area contributed by atoms with Crippen molar-refractivity contribution in [3.8, 4) is 11.3 Å². The molecule has 3 rings (SSSR count). The number of hydrogen-bond donors (Lipinski definition) is 1. The number of hydrogen-bond acceptors (Lipinski definition) is 2. The first kappa shape index (κ1) is 15.4. The first-order valence-corrected chi connectivity index (χ1v) is 7.66. The van der Waals surface area contributed by atoms with Crippen LogP contribution in [0.1, 0.15) is 21.7 Å². The predicted molar refractivity (Wildman–Crippen MR) is 93.0 cm³/mol. The summed E-state index contributed by atoms with van der Waals surface area (Å²) in [6.07, 6.45) is 0. The van der Waals surface area contributed by atoms with Crippen molar-refractivity contribution in [2.75, 3.05) is 5.32 Å². The second-order valence-electron chi connectivity index (χ2n) is 5.31. The Morgan fingerprint density at radius 1 is 1.04 bits per heavy atom. The number of carbonyl (C=O) groups is 1. The zero-order chi connectivity index (χ0) is 16.4. The lowest BCUT2D eigenvalue weighted by atomic mass is 10.1. The third-order valence-corrected chi connectivity index (χ3v) is 4.15. The number of carbonyl (C=O) groups excluding carboxylic acids is 1. The first-order chi connectivity index (χ1) is 11.1. The molecule has 1 N–H and O–H groups in total. The molecule has 0 aliphatic carbocycles. The Hall–Kier alpha value is -2.52. The first-order valence-electron chi connectivity index (χ1n) is 7.28. The maximum atomic E-state index is 12.5. The molecule has 2 aromatic carbocycles. The summed E-state index contributed by atoms with van der Waals surface area (Å²) in [6.45, 7) is 3.65. The molecule has 1 heterocycles. The molecule has 0 unspecified atom stereocenters. The van der Waals surface area contributed by atoms with E-state index in [9.17, 15) is 4.79 Å². The lowest BCUT2D eigenvalue weighted by Crippen LogP contribution is -2.13. The summed E-state index contributed by atoms with van der Waals surface area (Å²) in [5.41, 5.74) is 2.99. The molecule has 0 bridgehead atoms. The molecule has 116 valence electrons. The van der Waals surface area contributed by atoms with Crippen LogP contribution in [-0.4, -0.2) is 5.91 Å². The summed E-state index contributed by atoms with van der Waals surface area (Å²) in [4.78, 5) is 12.5. The van der Waals surface area contributed by atoms with Crippen LogP contribution >= 0.6 is 11.6 Å². The summed E-state index contributed by atoms with van der Waals surface area (Å²) in [5.74, 6) is 1.05. The summed E-state index contributed by atoms with van der Waals surface area (Å²) >= 11 is 6.09. The molecular weight excluding hydrogens is 310 g/mol. The molecule has 0 fully saturated rings. The van der Waals surface area contributed by atoms with Gasteiger partial charge in [0.15, 0.2) is 0 Å². The molecule has 4 heteroatoms. The Morgan fingerprint density at radius 2 is 1.78 bits per heavy atom. The highest BCUT2D eigenvalue weighted by molar-refractivity contribution is 6.31. The molecule has 1 aromatic heterocycles. The van der Waals surface area contributed by atoms with Gasteiger partial charge in [-0.3, -0.25) is 4.79 Å². The lowest BCUT2D eigenvalue weighted by Gasteiger charge is -2.08. The van der Waals surface area contributed by atoms with Crippen LogP contribution in [0.4, 0.5) is 5.69 Å². The van der Waals surface area contributed by atoms with Crippen LogP contribution in [0.25, 0.3) is 11.3 Å². The SMILES string of the molecule is Cc1oc(-c2ccccc2)cc1C(=O)Nc1cccc(Cl)c1C. The van der Waals surface area contributed by atoms with Crippen molar-refractivity contribution < 1.29 is 9.21 Å². The molecule has 0 radical (unpaired) electrons. The van der Waals surface area contributed by atoms with Crippen molar-refractivity contribution in [2.45, 2.75) is 13.8 Å². The van der Waals surface area contributed by atoms with Gasteiger partial charge in [-0.05, 0) is 37.6 Å². The van der Waals surface area contributed by atoms with Crippen molar-refractivity contribution in [3.05, 3.63) is 76.5 Å². The van der Waals surface area contributed by atoms with Gasteiger partial charge in [0.05, 0.1) is 5.56 Å². The second-order valence-corrected chi connectivity index (χ2v) is 5.72. The van der Waals surface area contributed by atoms with E-state index in [1.54, 1.807) is 19.1 Å². The molecule has 0 atom stereocenters. The Balaban J connectivity index is 1.89. The van der Waals surface area contributed by atoms with Crippen LogP contribution in [0.2, 0.25) is 5.02 Å². The fraction of sp³-hybridized carbons (Fsp3) is 0.105. The molecule has 0 aliphatic rings. The number of aryl methyl sites for hydroxylation is 1. The standard InChI is InChI=1S/C19H16ClNO2/c1-12-16(20)9-6-10-17(12)21-19(22)15-11-18(23-13(15)2)14-7-4-3-5-8-14/h3-11H,1-2H3,(H,21,22). The van der Waals surface area contributed by atoms with E-state index in [1.165, 1.54) is 0 Å². The molecule has 0 aliphatic heterocycles. The fourth-order valence-corrected chi connectivity index (χ4v) is 2.56. The second kappa shape index (κ2) is 6.31. The third kappa shape index (κ3) is 3.15. The largest absolute Gasteiger partial charge is 0.461 e. The summed E-state index contributed by atoms with van der Waals surface area (Å²) in [7, 11) is 0. The van der Waals surface area contributed by atoms with Crippen LogP contribution in [0, 0.1) is 13.8 Å². The normalized spacial score (nSPS) is 10.6. The fourth-order valence-electron chi connectivity index (χ4n) is 2.38. The maximum Gasteiger partial charge on any atom is 0.259 e.